The number of ether oxygens (including phenoxy) is 1. The Balaban J connectivity index is 1.27. The Hall–Kier alpha value is -3.14. The molecule has 0 bridgehead atoms. The predicted molar refractivity (Wildman–Crippen MR) is 209 cm³/mol. The fourth-order valence-corrected chi connectivity index (χ4v) is 8.02. The Kier molecular flexibility index (Phi) is 11.0. The number of methoxy groups -OCH3 is 1. The molecular weight excluding hydrogens is 735 g/mol. The van der Waals surface area contributed by atoms with E-state index in [0.29, 0.717) is 12.0 Å². The maximum atomic E-state index is 6.02. The molecule has 48 heavy (non-hydrogen) atoms. The van der Waals surface area contributed by atoms with Gasteiger partial charge in [-0.2, -0.15) is 4.98 Å². The second kappa shape index (κ2) is 15.2. The van der Waals surface area contributed by atoms with E-state index in [1.54, 1.807) is 31.5 Å². The Bertz CT molecular complexity index is 1730. The quantitative estimate of drug-likeness (QED) is 0.100. The van der Waals surface area contributed by atoms with Crippen molar-refractivity contribution in [3.63, 3.8) is 0 Å². The lowest BCUT2D eigenvalue weighted by Gasteiger charge is -2.43. The van der Waals surface area contributed by atoms with Crippen molar-refractivity contribution in [1.29, 1.82) is 0 Å². The number of hydrogen-bond donors (Lipinski definition) is 0. The molecule has 2 saturated heterocycles. The van der Waals surface area contributed by atoms with Gasteiger partial charge in [-0.15, -0.1) is 0 Å². The zero-order valence-electron chi connectivity index (χ0n) is 29.1. The van der Waals surface area contributed by atoms with Gasteiger partial charge in [-0.1, -0.05) is 18.9 Å². The minimum atomic E-state index is 0.600. The zero-order valence-corrected chi connectivity index (χ0v) is 32.1. The van der Waals surface area contributed by atoms with Gasteiger partial charge < -0.3 is 23.7 Å². The Morgan fingerprint density at radius 3 is 2.40 bits per heavy atom. The van der Waals surface area contributed by atoms with Crippen LogP contribution in [0, 0.1) is 6.92 Å². The number of hydrogen-bond acceptors (Lipinski definition) is 12. The van der Waals surface area contributed by atoms with Gasteiger partial charge in [0.25, 0.3) is 0 Å². The van der Waals surface area contributed by atoms with Crippen LogP contribution in [0.3, 0.4) is 0 Å². The number of aryl methyl sites for hydroxylation is 2. The smallest absolute Gasteiger partial charge is 0.231 e. The highest BCUT2D eigenvalue weighted by Gasteiger charge is 2.29. The molecule has 2 aromatic carbocycles. The summed E-state index contributed by atoms with van der Waals surface area (Å²) < 4.78 is 10.3. The summed E-state index contributed by atoms with van der Waals surface area (Å²) >= 11 is 3.99. The molecular formula is C35H47IN10OS. The van der Waals surface area contributed by atoms with Crippen molar-refractivity contribution in [1.82, 2.24) is 29.7 Å². The normalized spacial score (nSPS) is 16.4. The van der Waals surface area contributed by atoms with Gasteiger partial charge in [0.05, 0.1) is 52.6 Å². The second-order valence-corrected chi connectivity index (χ2v) is 14.5. The fourth-order valence-electron chi connectivity index (χ4n) is 6.85. The third-order valence-electron chi connectivity index (χ3n) is 9.81. The number of fused-ring (bicyclic) bond motifs is 1. The van der Waals surface area contributed by atoms with Crippen LogP contribution in [-0.2, 0) is 6.42 Å². The number of piperidine rings is 1. The number of aromatic nitrogens is 4. The van der Waals surface area contributed by atoms with Crippen LogP contribution in [0.15, 0.2) is 42.9 Å². The molecule has 0 amide bonds. The van der Waals surface area contributed by atoms with Crippen molar-refractivity contribution in [3.05, 3.63) is 54.0 Å². The average Bonchev–Trinajstić information content (AvgIpc) is 3.13. The van der Waals surface area contributed by atoms with Crippen LogP contribution in [-0.4, -0.2) is 110 Å². The van der Waals surface area contributed by atoms with Gasteiger partial charge in [0.1, 0.15) is 11.3 Å². The summed E-state index contributed by atoms with van der Waals surface area (Å²) in [6, 6.07) is 9.20. The average molecular weight is 783 g/mol. The van der Waals surface area contributed by atoms with E-state index < -0.39 is 0 Å². The molecule has 0 atom stereocenters. The van der Waals surface area contributed by atoms with Crippen LogP contribution in [0.5, 0.6) is 5.75 Å². The number of likely N-dealkylation sites (N-methyl/N-ethyl adjacent to an activating group) is 1. The lowest BCUT2D eigenvalue weighted by molar-refractivity contribution is 0.0982. The first-order valence-electron chi connectivity index (χ1n) is 16.7. The Morgan fingerprint density at radius 1 is 0.979 bits per heavy atom. The van der Waals surface area contributed by atoms with E-state index >= 15 is 0 Å². The maximum Gasteiger partial charge on any atom is 0.231 e. The molecule has 0 radical (unpaired) electrons. The summed E-state index contributed by atoms with van der Waals surface area (Å²) in [5, 5.41) is 0. The molecule has 2 aliphatic rings. The summed E-state index contributed by atoms with van der Waals surface area (Å²) in [6.07, 6.45) is 10.7. The minimum Gasteiger partial charge on any atom is -0.494 e. The van der Waals surface area contributed by atoms with E-state index in [1.807, 2.05) is 24.2 Å². The highest BCUT2D eigenvalue weighted by molar-refractivity contribution is 14.1. The molecule has 4 aromatic rings. The lowest BCUT2D eigenvalue weighted by Crippen LogP contribution is -2.52. The molecule has 2 fully saturated rings. The molecule has 0 aliphatic carbocycles. The van der Waals surface area contributed by atoms with Crippen molar-refractivity contribution < 1.29 is 4.74 Å². The van der Waals surface area contributed by atoms with E-state index in [2.05, 4.69) is 102 Å². The monoisotopic (exact) mass is 782 g/mol. The molecule has 4 heterocycles. The lowest BCUT2D eigenvalue weighted by atomic mass is 10.0. The summed E-state index contributed by atoms with van der Waals surface area (Å²) in [7, 11) is 8.04. The van der Waals surface area contributed by atoms with E-state index in [-0.39, 0.29) is 0 Å². The van der Waals surface area contributed by atoms with E-state index in [9.17, 15) is 0 Å². The standard InChI is InChI=1S/C35H47IN10OS/c1-8-25-23-39-35(40-34(25)46(36)28-10-9-27-32(38-14-13-37-27)33(28)43(5)48-7)42(4)30-21-24(2)29(22-31(30)47-6)45-15-11-26(12-16-45)44-19-17-41(3)18-20-44/h9-10,13-14,21-23,26H,8,11-12,15-20H2,1-7H3. The third kappa shape index (κ3) is 6.96. The summed E-state index contributed by atoms with van der Waals surface area (Å²) in [5.41, 5.74) is 8.12. The number of nitrogens with zero attached hydrogens (tertiary/aromatic N) is 10. The van der Waals surface area contributed by atoms with Gasteiger partial charge in [0.15, 0.2) is 5.82 Å². The highest BCUT2D eigenvalue weighted by atomic mass is 127. The number of piperazine rings is 1. The topological polar surface area (TPSA) is 80.2 Å². The predicted octanol–water partition coefficient (Wildman–Crippen LogP) is 6.49. The van der Waals surface area contributed by atoms with Crippen molar-refractivity contribution in [2.45, 2.75) is 39.2 Å². The molecule has 2 aliphatic heterocycles. The van der Waals surface area contributed by atoms with Crippen LogP contribution in [0.25, 0.3) is 11.0 Å². The molecule has 6 rings (SSSR count). The molecule has 0 unspecified atom stereocenters. The fraction of sp³-hybridized carbons (Fsp3) is 0.486. The van der Waals surface area contributed by atoms with Crippen molar-refractivity contribution in [2.24, 2.45) is 0 Å². The third-order valence-corrected chi connectivity index (χ3v) is 11.5. The molecule has 256 valence electrons. The van der Waals surface area contributed by atoms with E-state index in [1.165, 1.54) is 50.3 Å². The van der Waals surface area contributed by atoms with Crippen LogP contribution in [0.4, 0.5) is 34.5 Å². The van der Waals surface area contributed by atoms with Crippen LogP contribution < -0.4 is 22.0 Å². The first-order chi connectivity index (χ1) is 23.2. The van der Waals surface area contributed by atoms with Gasteiger partial charge in [-0.25, -0.2) is 4.98 Å². The van der Waals surface area contributed by atoms with E-state index in [4.69, 9.17) is 19.7 Å². The minimum absolute atomic E-state index is 0.600. The van der Waals surface area contributed by atoms with Crippen molar-refractivity contribution in [3.8, 4) is 5.75 Å². The Morgan fingerprint density at radius 2 is 1.71 bits per heavy atom. The summed E-state index contributed by atoms with van der Waals surface area (Å²) in [6.45, 7) is 11.1. The first kappa shape index (κ1) is 34.7. The van der Waals surface area contributed by atoms with Crippen molar-refractivity contribution >= 4 is 80.4 Å². The van der Waals surface area contributed by atoms with Gasteiger partial charge in [0, 0.05) is 102 Å². The number of rotatable bonds is 10. The van der Waals surface area contributed by atoms with Crippen molar-refractivity contribution in [2.75, 3.05) is 91.0 Å². The van der Waals surface area contributed by atoms with Gasteiger partial charge >= 0.3 is 0 Å². The SMILES string of the molecule is CCc1cnc(N(C)c2cc(C)c(N3CCC(N4CCN(C)CC4)CC3)cc2OC)nc1N(I)c1ccc2nccnc2c1N(C)SC. The molecule has 0 N–H and O–H groups in total. The van der Waals surface area contributed by atoms with Crippen LogP contribution in [0.1, 0.15) is 30.9 Å². The summed E-state index contributed by atoms with van der Waals surface area (Å²) in [4.78, 5) is 29.0. The number of benzene rings is 2. The molecule has 2 aromatic heterocycles. The second-order valence-electron chi connectivity index (χ2n) is 12.6. The molecule has 11 nitrogen and oxygen atoms in total. The highest BCUT2D eigenvalue weighted by Crippen LogP contribution is 2.44. The van der Waals surface area contributed by atoms with Gasteiger partial charge in [-0.3, -0.25) is 18.0 Å². The largest absolute Gasteiger partial charge is 0.494 e. The zero-order chi connectivity index (χ0) is 33.9. The van der Waals surface area contributed by atoms with Crippen LogP contribution >= 0.6 is 34.8 Å². The summed E-state index contributed by atoms with van der Waals surface area (Å²) in [5.74, 6) is 2.25. The number of anilines is 6. The van der Waals surface area contributed by atoms with E-state index in [0.717, 1.165) is 64.7 Å². The van der Waals surface area contributed by atoms with Crippen LogP contribution in [0.2, 0.25) is 0 Å². The Labute approximate surface area is 303 Å². The number of halogens is 1. The van der Waals surface area contributed by atoms with Gasteiger partial charge in [0.2, 0.25) is 5.95 Å². The first-order valence-corrected chi connectivity index (χ1v) is 18.8. The molecule has 13 heteroatoms. The molecule has 0 saturated carbocycles. The van der Waals surface area contributed by atoms with Gasteiger partial charge in [-0.05, 0) is 57.0 Å². The molecule has 0 spiro atoms. The maximum absolute atomic E-state index is 6.02.